The normalized spacial score (nSPS) is 15.8. The maximum atomic E-state index is 4.44. The molecule has 166 valence electrons. The number of thiophene rings is 1. The van der Waals surface area contributed by atoms with Crippen LogP contribution in [0.25, 0.3) is 0 Å². The van der Waals surface area contributed by atoms with Crippen LogP contribution in [-0.2, 0) is 13.1 Å². The molecule has 0 radical (unpaired) electrons. The highest BCUT2D eigenvalue weighted by Crippen LogP contribution is 2.27. The van der Waals surface area contributed by atoms with Gasteiger partial charge in [0.15, 0.2) is 5.96 Å². The zero-order valence-corrected chi connectivity index (χ0v) is 21.6. The molecule has 2 N–H and O–H groups in total. The average molecular weight is 542 g/mol. The van der Waals surface area contributed by atoms with Gasteiger partial charge in [-0.25, -0.2) is 0 Å². The van der Waals surface area contributed by atoms with Crippen molar-refractivity contribution in [3.8, 4) is 0 Å². The van der Waals surface area contributed by atoms with Gasteiger partial charge in [-0.1, -0.05) is 37.3 Å². The fourth-order valence-corrected chi connectivity index (χ4v) is 4.67. The van der Waals surface area contributed by atoms with Gasteiger partial charge in [0.05, 0.1) is 6.04 Å². The molecule has 0 saturated carbocycles. The van der Waals surface area contributed by atoms with E-state index in [0.29, 0.717) is 6.04 Å². The molecule has 3 rings (SSSR count). The summed E-state index contributed by atoms with van der Waals surface area (Å²) in [6.07, 6.45) is 2.61. The molecule has 1 saturated heterocycles. The molecule has 0 aliphatic carbocycles. The number of guanidine groups is 1. The van der Waals surface area contributed by atoms with E-state index >= 15 is 0 Å². The lowest BCUT2D eigenvalue weighted by atomic mass is 10.1. The van der Waals surface area contributed by atoms with Crippen molar-refractivity contribution in [2.75, 3.05) is 40.3 Å². The number of hydrogen-bond acceptors (Lipinski definition) is 4. The van der Waals surface area contributed by atoms with E-state index in [4.69, 9.17) is 0 Å². The molecular formula is C23H36IN5S. The second-order valence-electron chi connectivity index (χ2n) is 7.73. The maximum Gasteiger partial charge on any atom is 0.191 e. The molecule has 1 atom stereocenters. The smallest absolute Gasteiger partial charge is 0.191 e. The molecule has 0 spiro atoms. The Morgan fingerprint density at radius 2 is 1.93 bits per heavy atom. The predicted molar refractivity (Wildman–Crippen MR) is 140 cm³/mol. The van der Waals surface area contributed by atoms with Crippen molar-refractivity contribution in [1.82, 2.24) is 20.4 Å². The Morgan fingerprint density at radius 3 is 2.60 bits per heavy atom. The van der Waals surface area contributed by atoms with Gasteiger partial charge < -0.3 is 15.5 Å². The maximum absolute atomic E-state index is 4.44. The average Bonchev–Trinajstić information content (AvgIpc) is 3.45. The Kier molecular flexibility index (Phi) is 11.1. The summed E-state index contributed by atoms with van der Waals surface area (Å²) < 4.78 is 0. The number of benzene rings is 1. The summed E-state index contributed by atoms with van der Waals surface area (Å²) in [6.45, 7) is 8.26. The zero-order valence-electron chi connectivity index (χ0n) is 18.4. The van der Waals surface area contributed by atoms with Crippen molar-refractivity contribution in [2.24, 2.45) is 4.99 Å². The lowest BCUT2D eigenvalue weighted by molar-refractivity contribution is 0.249. The van der Waals surface area contributed by atoms with E-state index in [1.54, 1.807) is 0 Å². The summed E-state index contributed by atoms with van der Waals surface area (Å²) >= 11 is 1.85. The van der Waals surface area contributed by atoms with Gasteiger partial charge in [-0.2, -0.15) is 0 Å². The molecule has 2 heterocycles. The summed E-state index contributed by atoms with van der Waals surface area (Å²) in [6, 6.07) is 13.6. The van der Waals surface area contributed by atoms with Crippen LogP contribution in [0.3, 0.4) is 0 Å². The number of halogens is 1. The third kappa shape index (κ3) is 7.51. The van der Waals surface area contributed by atoms with Gasteiger partial charge in [-0.3, -0.25) is 9.89 Å². The van der Waals surface area contributed by atoms with E-state index in [9.17, 15) is 0 Å². The summed E-state index contributed by atoms with van der Waals surface area (Å²) in [5.41, 5.74) is 2.63. The molecule has 1 fully saturated rings. The minimum Gasteiger partial charge on any atom is -0.354 e. The van der Waals surface area contributed by atoms with Gasteiger partial charge in [0.2, 0.25) is 0 Å². The van der Waals surface area contributed by atoms with Crippen LogP contribution < -0.4 is 10.6 Å². The van der Waals surface area contributed by atoms with Gasteiger partial charge in [0.25, 0.3) is 0 Å². The lowest BCUT2D eigenvalue weighted by Gasteiger charge is -2.27. The number of hydrogen-bond donors (Lipinski definition) is 2. The summed E-state index contributed by atoms with van der Waals surface area (Å²) in [4.78, 5) is 10.8. The van der Waals surface area contributed by atoms with E-state index in [1.165, 1.54) is 41.9 Å². The van der Waals surface area contributed by atoms with Crippen LogP contribution in [-0.4, -0.2) is 56.0 Å². The Morgan fingerprint density at radius 1 is 1.17 bits per heavy atom. The Balaban J connectivity index is 0.00000320. The van der Waals surface area contributed by atoms with Crippen molar-refractivity contribution in [1.29, 1.82) is 0 Å². The summed E-state index contributed by atoms with van der Waals surface area (Å²) in [7, 11) is 4.00. The fraction of sp³-hybridized carbons (Fsp3) is 0.522. The lowest BCUT2D eigenvalue weighted by Crippen LogP contribution is -2.42. The van der Waals surface area contributed by atoms with Gasteiger partial charge in [-0.15, -0.1) is 35.3 Å². The first-order valence-corrected chi connectivity index (χ1v) is 11.6. The van der Waals surface area contributed by atoms with Gasteiger partial charge in [0.1, 0.15) is 0 Å². The minimum atomic E-state index is 0. The van der Waals surface area contributed by atoms with Crippen LogP contribution in [0.2, 0.25) is 0 Å². The van der Waals surface area contributed by atoms with Crippen molar-refractivity contribution < 1.29 is 0 Å². The number of nitrogens with one attached hydrogen (secondary N) is 2. The van der Waals surface area contributed by atoms with Crippen LogP contribution in [0, 0.1) is 0 Å². The second kappa shape index (κ2) is 13.3. The third-order valence-corrected chi connectivity index (χ3v) is 6.56. The first-order chi connectivity index (χ1) is 14.2. The van der Waals surface area contributed by atoms with Crippen molar-refractivity contribution in [3.05, 3.63) is 57.8 Å². The number of nitrogens with zero attached hydrogens (tertiary/aromatic N) is 3. The number of aliphatic imine (C=N–C) groups is 1. The molecule has 30 heavy (non-hydrogen) atoms. The second-order valence-corrected chi connectivity index (χ2v) is 8.71. The van der Waals surface area contributed by atoms with E-state index in [2.05, 4.69) is 81.2 Å². The van der Waals surface area contributed by atoms with Crippen LogP contribution in [0.15, 0.2) is 46.8 Å². The Labute approximate surface area is 203 Å². The molecule has 0 bridgehead atoms. The highest BCUT2D eigenvalue weighted by molar-refractivity contribution is 14.0. The van der Waals surface area contributed by atoms with Crippen molar-refractivity contribution >= 4 is 41.3 Å². The largest absolute Gasteiger partial charge is 0.354 e. The topological polar surface area (TPSA) is 42.9 Å². The monoisotopic (exact) mass is 541 g/mol. The SMILES string of the molecule is CCN(C)Cc1cccc(CNC(=NC)NCC(c2cccs2)N2CCCC2)c1.I. The predicted octanol–water partition coefficient (Wildman–Crippen LogP) is 4.32. The first kappa shape index (κ1) is 25.1. The van der Waals surface area contributed by atoms with Gasteiger partial charge >= 0.3 is 0 Å². The van der Waals surface area contributed by atoms with Gasteiger partial charge in [-0.05, 0) is 62.1 Å². The molecular weight excluding hydrogens is 505 g/mol. The molecule has 1 aliphatic rings. The van der Waals surface area contributed by atoms with Crippen LogP contribution in [0.5, 0.6) is 0 Å². The molecule has 1 aliphatic heterocycles. The first-order valence-electron chi connectivity index (χ1n) is 10.7. The highest BCUT2D eigenvalue weighted by Gasteiger charge is 2.24. The van der Waals surface area contributed by atoms with Gasteiger partial charge in [0, 0.05) is 31.6 Å². The summed E-state index contributed by atoms with van der Waals surface area (Å²) in [5.74, 6) is 0.863. The van der Waals surface area contributed by atoms with E-state index in [1.807, 2.05) is 18.4 Å². The van der Waals surface area contributed by atoms with E-state index in [-0.39, 0.29) is 24.0 Å². The highest BCUT2D eigenvalue weighted by atomic mass is 127. The molecule has 1 aromatic heterocycles. The van der Waals surface area contributed by atoms with Crippen LogP contribution in [0.4, 0.5) is 0 Å². The molecule has 5 nitrogen and oxygen atoms in total. The molecule has 0 amide bonds. The Bertz CT molecular complexity index is 759. The molecule has 1 unspecified atom stereocenters. The number of likely N-dealkylation sites (tertiary alicyclic amines) is 1. The van der Waals surface area contributed by atoms with E-state index in [0.717, 1.165) is 32.1 Å². The zero-order chi connectivity index (χ0) is 20.5. The summed E-state index contributed by atoms with van der Waals surface area (Å²) in [5, 5.41) is 9.21. The number of rotatable bonds is 9. The quantitative estimate of drug-likeness (QED) is 0.282. The molecule has 1 aromatic carbocycles. The van der Waals surface area contributed by atoms with E-state index < -0.39 is 0 Å². The fourth-order valence-electron chi connectivity index (χ4n) is 3.80. The van der Waals surface area contributed by atoms with Crippen molar-refractivity contribution in [3.63, 3.8) is 0 Å². The van der Waals surface area contributed by atoms with Crippen molar-refractivity contribution in [2.45, 2.75) is 38.9 Å². The van der Waals surface area contributed by atoms with Crippen LogP contribution >= 0.6 is 35.3 Å². The standard InChI is InChI=1S/C23H35N5S.HI/c1-4-27(3)18-20-10-7-9-19(15-20)16-25-23(24-2)26-17-21(22-11-8-14-29-22)28-12-5-6-13-28;/h7-11,14-15,21H,4-6,12-13,16-18H2,1-3H3,(H2,24,25,26);1H. The van der Waals surface area contributed by atoms with Crippen LogP contribution in [0.1, 0.15) is 41.8 Å². The third-order valence-electron chi connectivity index (χ3n) is 5.58. The molecule has 7 heteroatoms. The molecule has 2 aromatic rings. The minimum absolute atomic E-state index is 0. The Hall–Kier alpha value is -1.16.